The van der Waals surface area contributed by atoms with Gasteiger partial charge in [0.05, 0.1) is 38.9 Å². The molecular weight excluding hydrogens is 453 g/mol. The molecule has 2 aromatic heterocycles. The molecule has 3 aromatic rings. The molecule has 0 saturated carbocycles. The molecule has 0 fully saturated rings. The van der Waals surface area contributed by atoms with Crippen molar-refractivity contribution in [3.63, 3.8) is 0 Å². The number of aliphatic imine (C=N–C) groups is 1. The summed E-state index contributed by atoms with van der Waals surface area (Å²) in [4.78, 5) is 42.4. The number of nitrogens with one attached hydrogen (secondary N) is 2. The molecule has 0 atom stereocenters. The van der Waals surface area contributed by atoms with E-state index in [1.807, 2.05) is 19.1 Å². The first-order valence-electron chi connectivity index (χ1n) is 9.96. The summed E-state index contributed by atoms with van der Waals surface area (Å²) in [5.74, 6) is -0.366. The van der Waals surface area contributed by atoms with Crippen LogP contribution in [0.5, 0.6) is 0 Å². The lowest BCUT2D eigenvalue weighted by molar-refractivity contribution is -0.121. The van der Waals surface area contributed by atoms with Gasteiger partial charge in [-0.2, -0.15) is 0 Å². The fourth-order valence-electron chi connectivity index (χ4n) is 3.30. The van der Waals surface area contributed by atoms with Crippen molar-refractivity contribution in [3.8, 4) is 5.69 Å². The molecule has 0 radical (unpaired) electrons. The summed E-state index contributed by atoms with van der Waals surface area (Å²) < 4.78 is 2.50. The highest BCUT2D eigenvalue weighted by atomic mass is 35.5. The Kier molecular flexibility index (Phi) is 7.37. The number of fused-ring (bicyclic) bond motifs is 1. The van der Waals surface area contributed by atoms with E-state index in [0.717, 1.165) is 6.42 Å². The Morgan fingerprint density at radius 1 is 1.28 bits per heavy atom. The highest BCUT2D eigenvalue weighted by molar-refractivity contribution is 6.43. The Hall–Kier alpha value is -3.10. The molecule has 0 bridgehead atoms. The molecule has 2 N–H and O–H groups in total. The number of halogens is 2. The number of carbonyl (C=O) groups excluding carboxylic acids is 1. The molecule has 1 aromatic carbocycles. The molecule has 0 aliphatic carbocycles. The van der Waals surface area contributed by atoms with Crippen molar-refractivity contribution in [2.75, 3.05) is 13.6 Å². The maximum Gasteiger partial charge on any atom is 0.280 e. The Morgan fingerprint density at radius 3 is 2.72 bits per heavy atom. The van der Waals surface area contributed by atoms with Crippen LogP contribution in [0.4, 0.5) is 0 Å². The molecule has 0 spiro atoms. The maximum atomic E-state index is 13.1. The molecule has 0 unspecified atom stereocenters. The van der Waals surface area contributed by atoms with Crippen molar-refractivity contribution < 1.29 is 4.79 Å². The summed E-state index contributed by atoms with van der Waals surface area (Å²) in [5.41, 5.74) is 0.980. The average Bonchev–Trinajstić information content (AvgIpc) is 3.09. The molecule has 1 amide bonds. The molecule has 8 nitrogen and oxygen atoms in total. The molecule has 0 aliphatic heterocycles. The molecule has 2 heterocycles. The minimum absolute atomic E-state index is 0.209. The first-order valence-corrected chi connectivity index (χ1v) is 10.7. The number of rotatable bonds is 7. The smallest absolute Gasteiger partial charge is 0.280 e. The number of allylic oxidation sites excluding steroid dienone is 1. The third kappa shape index (κ3) is 4.71. The van der Waals surface area contributed by atoms with Crippen LogP contribution in [-0.4, -0.2) is 39.6 Å². The zero-order valence-corrected chi connectivity index (χ0v) is 19.4. The SMILES string of the molecule is CC/C=C\C(CNC(=O)Cn1c(C)c2c(=O)n(-c3cccc(Cl)c3Cl)[nH]c2cc1=O)=NC. The number of aryl methyl sites for hydroxylation is 1. The van der Waals surface area contributed by atoms with Crippen molar-refractivity contribution >= 4 is 45.7 Å². The van der Waals surface area contributed by atoms with Gasteiger partial charge < -0.3 is 9.88 Å². The van der Waals surface area contributed by atoms with Crippen molar-refractivity contribution in [1.29, 1.82) is 0 Å². The Morgan fingerprint density at radius 2 is 2.03 bits per heavy atom. The second-order valence-electron chi connectivity index (χ2n) is 7.07. The van der Waals surface area contributed by atoms with Gasteiger partial charge in [-0.1, -0.05) is 42.3 Å². The molecular formula is C22H23Cl2N5O3. The predicted octanol–water partition coefficient (Wildman–Crippen LogP) is 3.25. The molecule has 10 heteroatoms. The number of hydrogen-bond donors (Lipinski definition) is 2. The molecule has 0 aliphatic rings. The van der Waals surface area contributed by atoms with Crippen LogP contribution >= 0.6 is 23.2 Å². The van der Waals surface area contributed by atoms with Crippen LogP contribution < -0.4 is 16.4 Å². The summed E-state index contributed by atoms with van der Waals surface area (Å²) >= 11 is 12.3. The number of aromatic amines is 1. The molecule has 3 rings (SSSR count). The average molecular weight is 476 g/mol. The quantitative estimate of drug-likeness (QED) is 0.512. The van der Waals surface area contributed by atoms with Gasteiger partial charge in [0.25, 0.3) is 11.1 Å². The third-order valence-corrected chi connectivity index (χ3v) is 5.80. The van der Waals surface area contributed by atoms with E-state index in [2.05, 4.69) is 15.4 Å². The summed E-state index contributed by atoms with van der Waals surface area (Å²) in [6, 6.07) is 6.21. The van der Waals surface area contributed by atoms with E-state index >= 15 is 0 Å². The second-order valence-corrected chi connectivity index (χ2v) is 7.86. The van der Waals surface area contributed by atoms with Gasteiger partial charge in [0.1, 0.15) is 6.54 Å². The topological polar surface area (TPSA) is 101 Å². The normalized spacial score (nSPS) is 12.1. The number of hydrogen-bond acceptors (Lipinski definition) is 4. The van der Waals surface area contributed by atoms with Crippen molar-refractivity contribution in [2.24, 2.45) is 4.99 Å². The van der Waals surface area contributed by atoms with Gasteiger partial charge in [-0.05, 0) is 31.6 Å². The van der Waals surface area contributed by atoms with Crippen LogP contribution in [-0.2, 0) is 11.3 Å². The minimum Gasteiger partial charge on any atom is -0.349 e. The number of H-pyrrole nitrogens is 1. The number of pyridine rings is 1. The van der Waals surface area contributed by atoms with Crippen LogP contribution in [0, 0.1) is 6.92 Å². The number of aromatic nitrogens is 3. The largest absolute Gasteiger partial charge is 0.349 e. The van der Waals surface area contributed by atoms with Crippen LogP contribution in [0.2, 0.25) is 10.0 Å². The minimum atomic E-state index is -0.411. The lowest BCUT2D eigenvalue weighted by Gasteiger charge is -2.10. The van der Waals surface area contributed by atoms with Gasteiger partial charge in [0.2, 0.25) is 5.91 Å². The predicted molar refractivity (Wildman–Crippen MR) is 129 cm³/mol. The van der Waals surface area contributed by atoms with Crippen molar-refractivity contribution in [3.05, 3.63) is 72.9 Å². The Balaban J connectivity index is 1.95. The maximum absolute atomic E-state index is 13.1. The zero-order valence-electron chi connectivity index (χ0n) is 17.9. The Bertz CT molecular complexity index is 1350. The summed E-state index contributed by atoms with van der Waals surface area (Å²) in [6.07, 6.45) is 4.64. The number of nitrogens with zero attached hydrogens (tertiary/aromatic N) is 3. The van der Waals surface area contributed by atoms with Crippen LogP contribution in [0.15, 0.2) is 51.0 Å². The molecule has 32 heavy (non-hydrogen) atoms. The van der Waals surface area contributed by atoms with E-state index in [4.69, 9.17) is 23.2 Å². The first-order chi connectivity index (χ1) is 15.3. The number of amides is 1. The molecule has 168 valence electrons. The monoisotopic (exact) mass is 475 g/mol. The van der Waals surface area contributed by atoms with Gasteiger partial charge in [0, 0.05) is 18.8 Å². The van der Waals surface area contributed by atoms with E-state index in [-0.39, 0.29) is 29.4 Å². The van der Waals surface area contributed by atoms with Crippen LogP contribution in [0.1, 0.15) is 19.0 Å². The van der Waals surface area contributed by atoms with Gasteiger partial charge >= 0.3 is 0 Å². The summed E-state index contributed by atoms with van der Waals surface area (Å²) in [5, 5.41) is 6.44. The van der Waals surface area contributed by atoms with Gasteiger partial charge in [0.15, 0.2) is 0 Å². The van der Waals surface area contributed by atoms with Crippen LogP contribution in [0.25, 0.3) is 16.6 Å². The lowest BCUT2D eigenvalue weighted by Crippen LogP contribution is -2.35. The van der Waals surface area contributed by atoms with E-state index in [1.165, 1.54) is 15.3 Å². The van der Waals surface area contributed by atoms with E-state index in [9.17, 15) is 14.4 Å². The fourth-order valence-corrected chi connectivity index (χ4v) is 3.68. The van der Waals surface area contributed by atoms with E-state index in [1.54, 1.807) is 32.2 Å². The summed E-state index contributed by atoms with van der Waals surface area (Å²) in [6.45, 7) is 3.64. The second kappa shape index (κ2) is 10.0. The molecule has 0 saturated heterocycles. The Labute approximate surface area is 194 Å². The fraction of sp³-hybridized carbons (Fsp3) is 0.273. The van der Waals surface area contributed by atoms with Crippen molar-refractivity contribution in [2.45, 2.75) is 26.8 Å². The lowest BCUT2D eigenvalue weighted by atomic mass is 10.2. The zero-order chi connectivity index (χ0) is 23.4. The van der Waals surface area contributed by atoms with E-state index < -0.39 is 11.1 Å². The van der Waals surface area contributed by atoms with Crippen LogP contribution in [0.3, 0.4) is 0 Å². The van der Waals surface area contributed by atoms with Gasteiger partial charge in [-0.15, -0.1) is 0 Å². The highest BCUT2D eigenvalue weighted by Crippen LogP contribution is 2.28. The highest BCUT2D eigenvalue weighted by Gasteiger charge is 2.18. The number of benzene rings is 1. The summed E-state index contributed by atoms with van der Waals surface area (Å²) in [7, 11) is 1.65. The van der Waals surface area contributed by atoms with Gasteiger partial charge in [-0.3, -0.25) is 24.5 Å². The van der Waals surface area contributed by atoms with E-state index in [0.29, 0.717) is 27.6 Å². The first kappa shape index (κ1) is 23.6. The number of carbonyl (C=O) groups is 1. The third-order valence-electron chi connectivity index (χ3n) is 4.99. The standard InChI is InChI=1S/C22H23Cl2N5O3/c1-4-5-7-14(25-3)11-26-18(30)12-28-13(2)20-16(10-19(28)31)27-29(22(20)32)17-9-6-8-15(23)21(17)24/h5-10,27H,4,11-12H2,1-3H3,(H,26,30)/b7-5-,25-14?. The van der Waals surface area contributed by atoms with Crippen molar-refractivity contribution in [1.82, 2.24) is 19.7 Å². The van der Waals surface area contributed by atoms with Gasteiger partial charge in [-0.25, -0.2) is 4.68 Å².